The van der Waals surface area contributed by atoms with Gasteiger partial charge in [0.25, 0.3) is 5.91 Å². The highest BCUT2D eigenvalue weighted by molar-refractivity contribution is 5.92. The van der Waals surface area contributed by atoms with Gasteiger partial charge in [0.2, 0.25) is 0 Å². The number of aryl methyl sites for hydroxylation is 1. The van der Waals surface area contributed by atoms with E-state index in [0.717, 1.165) is 5.82 Å². The molecule has 0 aliphatic carbocycles. The Bertz CT molecular complexity index is 580. The summed E-state index contributed by atoms with van der Waals surface area (Å²) in [6.07, 6.45) is 6.35. The predicted octanol–water partition coefficient (Wildman–Crippen LogP) is -0.232. The molecule has 8 nitrogen and oxygen atoms in total. The summed E-state index contributed by atoms with van der Waals surface area (Å²) >= 11 is 0. The van der Waals surface area contributed by atoms with Crippen LogP contribution in [0, 0.1) is 0 Å². The van der Waals surface area contributed by atoms with Crippen molar-refractivity contribution in [2.45, 2.75) is 6.54 Å². The van der Waals surface area contributed by atoms with E-state index >= 15 is 0 Å². The van der Waals surface area contributed by atoms with Crippen molar-refractivity contribution in [2.75, 3.05) is 12.5 Å². The van der Waals surface area contributed by atoms with Gasteiger partial charge in [-0.15, -0.1) is 0 Å². The summed E-state index contributed by atoms with van der Waals surface area (Å²) in [6, 6.07) is 0. The number of aromatic nitrogens is 4. The monoisotopic (exact) mass is 261 g/mol. The number of hydrazine groups is 1. The van der Waals surface area contributed by atoms with E-state index in [1.807, 2.05) is 17.8 Å². The first-order valence-electron chi connectivity index (χ1n) is 5.62. The molecule has 2 aromatic heterocycles. The molecule has 2 rings (SSSR count). The van der Waals surface area contributed by atoms with Gasteiger partial charge in [0.15, 0.2) is 5.82 Å². The number of anilines is 1. The molecule has 0 spiro atoms. The third-order valence-corrected chi connectivity index (χ3v) is 2.65. The van der Waals surface area contributed by atoms with Crippen LogP contribution < -0.4 is 11.3 Å². The Morgan fingerprint density at radius 2 is 2.32 bits per heavy atom. The minimum Gasteiger partial charge on any atom is -0.337 e. The molecule has 19 heavy (non-hydrogen) atoms. The summed E-state index contributed by atoms with van der Waals surface area (Å²) < 4.78 is 1.85. The molecule has 0 aliphatic heterocycles. The molecule has 0 aliphatic rings. The number of hydrogen-bond acceptors (Lipinski definition) is 6. The topological polar surface area (TPSA) is 102 Å². The third-order valence-electron chi connectivity index (χ3n) is 2.65. The molecule has 2 heterocycles. The largest absolute Gasteiger partial charge is 0.337 e. The Morgan fingerprint density at radius 3 is 2.95 bits per heavy atom. The zero-order chi connectivity index (χ0) is 13.8. The van der Waals surface area contributed by atoms with Crippen molar-refractivity contribution in [3.8, 4) is 0 Å². The van der Waals surface area contributed by atoms with Crippen LogP contribution in [0.4, 0.5) is 5.82 Å². The predicted molar refractivity (Wildman–Crippen MR) is 68.8 cm³/mol. The van der Waals surface area contributed by atoms with Crippen molar-refractivity contribution in [2.24, 2.45) is 12.9 Å². The molecule has 0 aromatic carbocycles. The van der Waals surface area contributed by atoms with Crippen LogP contribution in [0.15, 0.2) is 24.8 Å². The first kappa shape index (κ1) is 13.0. The third kappa shape index (κ3) is 2.86. The summed E-state index contributed by atoms with van der Waals surface area (Å²) in [4.78, 5) is 25.8. The maximum atomic E-state index is 12.2. The lowest BCUT2D eigenvalue weighted by molar-refractivity contribution is 0.0774. The fraction of sp³-hybridized carbons (Fsp3) is 0.273. The second kappa shape index (κ2) is 5.44. The molecule has 0 fully saturated rings. The second-order valence-electron chi connectivity index (χ2n) is 4.05. The number of nitrogens with zero attached hydrogens (tertiary/aromatic N) is 5. The van der Waals surface area contributed by atoms with Crippen LogP contribution in [0.1, 0.15) is 16.3 Å². The van der Waals surface area contributed by atoms with Crippen molar-refractivity contribution in [3.63, 3.8) is 0 Å². The number of imidazole rings is 1. The molecule has 0 saturated heterocycles. The fourth-order valence-electron chi connectivity index (χ4n) is 1.57. The van der Waals surface area contributed by atoms with Gasteiger partial charge in [0.05, 0.1) is 18.9 Å². The minimum absolute atomic E-state index is 0.229. The second-order valence-corrected chi connectivity index (χ2v) is 4.05. The van der Waals surface area contributed by atoms with Crippen LogP contribution in [0.2, 0.25) is 0 Å². The molecule has 0 saturated carbocycles. The zero-order valence-electron chi connectivity index (χ0n) is 10.7. The number of carbonyl (C=O) groups is 1. The van der Waals surface area contributed by atoms with Crippen molar-refractivity contribution in [3.05, 3.63) is 36.3 Å². The van der Waals surface area contributed by atoms with Crippen LogP contribution in [0.5, 0.6) is 0 Å². The number of amides is 1. The van der Waals surface area contributed by atoms with Crippen molar-refractivity contribution in [1.82, 2.24) is 24.4 Å². The van der Waals surface area contributed by atoms with Gasteiger partial charge < -0.3 is 14.9 Å². The number of nitrogens with two attached hydrogens (primary N) is 1. The lowest BCUT2D eigenvalue weighted by atomic mass is 10.3. The molecule has 1 amide bonds. The Labute approximate surface area is 110 Å². The smallest absolute Gasteiger partial charge is 0.274 e. The maximum absolute atomic E-state index is 12.2. The van der Waals surface area contributed by atoms with Gasteiger partial charge >= 0.3 is 0 Å². The maximum Gasteiger partial charge on any atom is 0.274 e. The van der Waals surface area contributed by atoms with E-state index in [0.29, 0.717) is 12.4 Å². The SMILES string of the molecule is CN(Cc1nccn1C)C(=O)c1cncc(NN)n1. The van der Waals surface area contributed by atoms with Gasteiger partial charge in [-0.2, -0.15) is 0 Å². The average Bonchev–Trinajstić information content (AvgIpc) is 2.83. The first-order valence-corrected chi connectivity index (χ1v) is 5.62. The summed E-state index contributed by atoms with van der Waals surface area (Å²) in [5.41, 5.74) is 2.58. The van der Waals surface area contributed by atoms with Crippen molar-refractivity contribution in [1.29, 1.82) is 0 Å². The molecule has 0 bridgehead atoms. The number of nitrogens with one attached hydrogen (secondary N) is 1. The summed E-state index contributed by atoms with van der Waals surface area (Å²) in [6.45, 7) is 0.393. The van der Waals surface area contributed by atoms with E-state index in [4.69, 9.17) is 5.84 Å². The average molecular weight is 261 g/mol. The van der Waals surface area contributed by atoms with E-state index in [-0.39, 0.29) is 11.6 Å². The summed E-state index contributed by atoms with van der Waals surface area (Å²) in [5, 5.41) is 0. The molecule has 100 valence electrons. The molecular formula is C11H15N7O. The molecule has 0 radical (unpaired) electrons. The van der Waals surface area contributed by atoms with Crippen LogP contribution in [-0.2, 0) is 13.6 Å². The highest BCUT2D eigenvalue weighted by atomic mass is 16.2. The van der Waals surface area contributed by atoms with Gasteiger partial charge in [-0.05, 0) is 0 Å². The van der Waals surface area contributed by atoms with E-state index in [2.05, 4.69) is 20.4 Å². The van der Waals surface area contributed by atoms with E-state index in [1.54, 1.807) is 13.2 Å². The van der Waals surface area contributed by atoms with Crippen molar-refractivity contribution < 1.29 is 4.79 Å². The lowest BCUT2D eigenvalue weighted by Gasteiger charge is -2.16. The number of nitrogen functional groups attached to an aromatic ring is 1. The molecule has 2 aromatic rings. The summed E-state index contributed by atoms with van der Waals surface area (Å²) in [5.74, 6) is 6.12. The summed E-state index contributed by atoms with van der Waals surface area (Å²) in [7, 11) is 3.56. The normalized spacial score (nSPS) is 10.3. The molecular weight excluding hydrogens is 246 g/mol. The van der Waals surface area contributed by atoms with Gasteiger partial charge in [-0.1, -0.05) is 0 Å². The highest BCUT2D eigenvalue weighted by Crippen LogP contribution is 2.06. The van der Waals surface area contributed by atoms with E-state index < -0.39 is 0 Å². The molecule has 0 atom stereocenters. The Hall–Kier alpha value is -2.48. The number of rotatable bonds is 4. The fourth-order valence-corrected chi connectivity index (χ4v) is 1.57. The van der Waals surface area contributed by atoms with Crippen LogP contribution in [0.25, 0.3) is 0 Å². The molecule has 8 heteroatoms. The Kier molecular flexibility index (Phi) is 3.71. The number of hydrogen-bond donors (Lipinski definition) is 2. The van der Waals surface area contributed by atoms with Crippen LogP contribution >= 0.6 is 0 Å². The number of carbonyl (C=O) groups excluding carboxylic acids is 1. The van der Waals surface area contributed by atoms with Crippen LogP contribution in [-0.4, -0.2) is 37.4 Å². The molecule has 3 N–H and O–H groups in total. The van der Waals surface area contributed by atoms with Gasteiger partial charge in [0, 0.05) is 26.5 Å². The Morgan fingerprint density at radius 1 is 1.53 bits per heavy atom. The van der Waals surface area contributed by atoms with Gasteiger partial charge in [-0.3, -0.25) is 9.78 Å². The first-order chi connectivity index (χ1) is 9.11. The highest BCUT2D eigenvalue weighted by Gasteiger charge is 2.15. The van der Waals surface area contributed by atoms with Gasteiger partial charge in [0.1, 0.15) is 11.5 Å². The molecule has 0 unspecified atom stereocenters. The van der Waals surface area contributed by atoms with E-state index in [9.17, 15) is 4.79 Å². The van der Waals surface area contributed by atoms with Crippen molar-refractivity contribution >= 4 is 11.7 Å². The lowest BCUT2D eigenvalue weighted by Crippen LogP contribution is -2.28. The van der Waals surface area contributed by atoms with E-state index in [1.165, 1.54) is 17.3 Å². The van der Waals surface area contributed by atoms with Crippen LogP contribution in [0.3, 0.4) is 0 Å². The van der Waals surface area contributed by atoms with Gasteiger partial charge in [-0.25, -0.2) is 15.8 Å². The quantitative estimate of drug-likeness (QED) is 0.582. The Balaban J connectivity index is 2.12. The zero-order valence-corrected chi connectivity index (χ0v) is 10.7. The minimum atomic E-state index is -0.243. The standard InChI is InChI=1S/C11H15N7O/c1-17-4-3-14-10(17)7-18(2)11(19)8-5-13-6-9(15-8)16-12/h3-6H,7,12H2,1-2H3,(H,15,16).